The van der Waals surface area contributed by atoms with E-state index >= 15 is 0 Å². The van der Waals surface area contributed by atoms with E-state index in [0.717, 1.165) is 73.9 Å². The Morgan fingerprint density at radius 3 is 2.86 bits per heavy atom. The number of ether oxygens (including phenoxy) is 3. The molecule has 1 aromatic heterocycles. The molecule has 28 heavy (non-hydrogen) atoms. The molecule has 154 valence electrons. The van der Waals surface area contributed by atoms with Gasteiger partial charge in [-0.15, -0.1) is 0 Å². The van der Waals surface area contributed by atoms with Crippen LogP contribution in [0.1, 0.15) is 18.5 Å². The summed E-state index contributed by atoms with van der Waals surface area (Å²) in [6.45, 7) is 3.58. The quantitative estimate of drug-likeness (QED) is 0.413. The minimum absolute atomic E-state index is 0.599. The van der Waals surface area contributed by atoms with Gasteiger partial charge in [0.15, 0.2) is 5.96 Å². The molecule has 1 aromatic carbocycles. The third kappa shape index (κ3) is 4.90. The van der Waals surface area contributed by atoms with Crippen molar-refractivity contribution in [3.63, 3.8) is 0 Å². The summed E-state index contributed by atoms with van der Waals surface area (Å²) in [7, 11) is 7.27. The molecule has 1 fully saturated rings. The van der Waals surface area contributed by atoms with Gasteiger partial charge in [0.05, 0.1) is 26.3 Å². The lowest BCUT2D eigenvalue weighted by molar-refractivity contribution is 0.181. The summed E-state index contributed by atoms with van der Waals surface area (Å²) in [5, 5.41) is 4.55. The number of aliphatic imine (C=N–C) groups is 1. The van der Waals surface area contributed by atoms with Crippen LogP contribution in [0.5, 0.6) is 11.5 Å². The number of nitrogens with zero attached hydrogens (tertiary/aromatic N) is 2. The first-order valence-electron chi connectivity index (χ1n) is 9.87. The number of rotatable bonds is 8. The van der Waals surface area contributed by atoms with Crippen molar-refractivity contribution < 1.29 is 14.2 Å². The van der Waals surface area contributed by atoms with E-state index in [1.165, 1.54) is 5.69 Å². The van der Waals surface area contributed by atoms with Crippen molar-refractivity contribution in [2.45, 2.75) is 19.3 Å². The minimum atomic E-state index is 0.599. The predicted molar refractivity (Wildman–Crippen MR) is 113 cm³/mol. The van der Waals surface area contributed by atoms with E-state index in [-0.39, 0.29) is 0 Å². The number of hydrogen-bond donors (Lipinski definition) is 2. The molecular weight excluding hydrogens is 356 g/mol. The third-order valence-electron chi connectivity index (χ3n) is 5.22. The normalized spacial score (nSPS) is 17.1. The second kappa shape index (κ2) is 9.68. The number of methoxy groups -OCH3 is 2. The fourth-order valence-electron chi connectivity index (χ4n) is 3.72. The Bertz CT molecular complexity index is 796. The summed E-state index contributed by atoms with van der Waals surface area (Å²) in [5.41, 5.74) is 2.23. The average Bonchev–Trinajstić information content (AvgIpc) is 3.36. The first-order valence-corrected chi connectivity index (χ1v) is 9.87. The Labute approximate surface area is 167 Å². The van der Waals surface area contributed by atoms with Crippen LogP contribution in [0.4, 0.5) is 0 Å². The molecule has 1 atom stereocenters. The second-order valence-electron chi connectivity index (χ2n) is 7.27. The summed E-state index contributed by atoms with van der Waals surface area (Å²) in [6, 6.07) is 6.08. The van der Waals surface area contributed by atoms with Gasteiger partial charge in [-0.2, -0.15) is 0 Å². The summed E-state index contributed by atoms with van der Waals surface area (Å²) < 4.78 is 16.3. The van der Waals surface area contributed by atoms with E-state index in [2.05, 4.69) is 33.3 Å². The standard InChI is InChI=1S/C21H32N4O3/c1-22-21(25(2)13-15-7-9-28-14-15)23-8-5-6-16-10-18-19(24-16)11-17(26-3)12-20(18)27-4/h10-12,15,24H,5-9,13-14H2,1-4H3,(H,22,23). The van der Waals surface area contributed by atoms with Crippen LogP contribution >= 0.6 is 0 Å². The zero-order valence-corrected chi connectivity index (χ0v) is 17.4. The number of benzene rings is 1. The predicted octanol–water partition coefficient (Wildman–Crippen LogP) is 2.66. The van der Waals surface area contributed by atoms with Crippen molar-refractivity contribution in [3.8, 4) is 11.5 Å². The Hall–Kier alpha value is -2.41. The van der Waals surface area contributed by atoms with E-state index in [4.69, 9.17) is 14.2 Å². The fourth-order valence-corrected chi connectivity index (χ4v) is 3.72. The third-order valence-corrected chi connectivity index (χ3v) is 5.22. The summed E-state index contributed by atoms with van der Waals surface area (Å²) in [4.78, 5) is 10.1. The number of nitrogens with one attached hydrogen (secondary N) is 2. The van der Waals surface area contributed by atoms with Crippen LogP contribution in [0.15, 0.2) is 23.2 Å². The van der Waals surface area contributed by atoms with Crippen LogP contribution in [0, 0.1) is 5.92 Å². The number of aryl methyl sites for hydroxylation is 1. The van der Waals surface area contributed by atoms with E-state index in [9.17, 15) is 0 Å². The van der Waals surface area contributed by atoms with Gasteiger partial charge in [-0.25, -0.2) is 0 Å². The van der Waals surface area contributed by atoms with Crippen LogP contribution in [-0.4, -0.2) is 70.5 Å². The smallest absolute Gasteiger partial charge is 0.193 e. The monoisotopic (exact) mass is 388 g/mol. The number of aromatic nitrogens is 1. The van der Waals surface area contributed by atoms with Crippen molar-refractivity contribution in [3.05, 3.63) is 23.9 Å². The molecule has 0 bridgehead atoms. The number of aromatic amines is 1. The lowest BCUT2D eigenvalue weighted by atomic mass is 10.1. The van der Waals surface area contributed by atoms with Gasteiger partial charge in [0.2, 0.25) is 0 Å². The molecule has 0 amide bonds. The maximum absolute atomic E-state index is 5.49. The van der Waals surface area contributed by atoms with E-state index in [1.54, 1.807) is 14.2 Å². The Morgan fingerprint density at radius 1 is 1.32 bits per heavy atom. The van der Waals surface area contributed by atoms with Crippen LogP contribution in [0.25, 0.3) is 10.9 Å². The lowest BCUT2D eigenvalue weighted by Crippen LogP contribution is -2.41. The molecular formula is C21H32N4O3. The molecule has 1 aliphatic rings. The zero-order valence-electron chi connectivity index (χ0n) is 17.4. The number of fused-ring (bicyclic) bond motifs is 1. The van der Waals surface area contributed by atoms with Crippen LogP contribution in [-0.2, 0) is 11.2 Å². The highest BCUT2D eigenvalue weighted by Gasteiger charge is 2.19. The first kappa shape index (κ1) is 20.3. The van der Waals surface area contributed by atoms with Crippen LogP contribution in [0.2, 0.25) is 0 Å². The van der Waals surface area contributed by atoms with Gasteiger partial charge in [0.25, 0.3) is 0 Å². The van der Waals surface area contributed by atoms with Crippen molar-refractivity contribution in [1.29, 1.82) is 0 Å². The fraction of sp³-hybridized carbons (Fsp3) is 0.571. The van der Waals surface area contributed by atoms with Gasteiger partial charge in [-0.1, -0.05) is 0 Å². The van der Waals surface area contributed by atoms with E-state index < -0.39 is 0 Å². The first-order chi connectivity index (χ1) is 13.6. The van der Waals surface area contributed by atoms with Crippen molar-refractivity contribution in [2.75, 3.05) is 54.6 Å². The highest BCUT2D eigenvalue weighted by atomic mass is 16.5. The molecule has 0 radical (unpaired) electrons. The van der Waals surface area contributed by atoms with Gasteiger partial charge < -0.3 is 29.4 Å². The van der Waals surface area contributed by atoms with Crippen molar-refractivity contribution >= 4 is 16.9 Å². The van der Waals surface area contributed by atoms with Crippen LogP contribution < -0.4 is 14.8 Å². The topological polar surface area (TPSA) is 71.1 Å². The van der Waals surface area contributed by atoms with Gasteiger partial charge in [-0.05, 0) is 25.3 Å². The molecule has 7 heteroatoms. The number of guanidine groups is 1. The molecule has 1 aliphatic heterocycles. The molecule has 2 aromatic rings. The highest BCUT2D eigenvalue weighted by Crippen LogP contribution is 2.31. The average molecular weight is 389 g/mol. The minimum Gasteiger partial charge on any atom is -0.497 e. The molecule has 0 saturated carbocycles. The molecule has 2 N–H and O–H groups in total. The van der Waals surface area contributed by atoms with Gasteiger partial charge >= 0.3 is 0 Å². The largest absolute Gasteiger partial charge is 0.497 e. The van der Waals surface area contributed by atoms with Gasteiger partial charge in [-0.3, -0.25) is 4.99 Å². The molecule has 7 nitrogen and oxygen atoms in total. The summed E-state index contributed by atoms with van der Waals surface area (Å²) in [6.07, 6.45) is 3.09. The molecule has 3 rings (SSSR count). The molecule has 0 aliphatic carbocycles. The Morgan fingerprint density at radius 2 is 2.18 bits per heavy atom. The SMILES string of the molecule is CN=C(NCCCc1cc2c(OC)cc(OC)cc2[nH]1)N(C)CC1CCOC1. The summed E-state index contributed by atoms with van der Waals surface area (Å²) >= 11 is 0. The maximum Gasteiger partial charge on any atom is 0.193 e. The van der Waals surface area contributed by atoms with Crippen LogP contribution in [0.3, 0.4) is 0 Å². The van der Waals surface area contributed by atoms with Crippen molar-refractivity contribution in [1.82, 2.24) is 15.2 Å². The maximum atomic E-state index is 5.49. The lowest BCUT2D eigenvalue weighted by Gasteiger charge is -2.24. The zero-order chi connectivity index (χ0) is 19.9. The Balaban J connectivity index is 1.51. The van der Waals surface area contributed by atoms with E-state index in [0.29, 0.717) is 5.92 Å². The molecule has 0 spiro atoms. The number of hydrogen-bond acceptors (Lipinski definition) is 4. The number of H-pyrrole nitrogens is 1. The molecule has 1 saturated heterocycles. The second-order valence-corrected chi connectivity index (χ2v) is 7.27. The van der Waals surface area contributed by atoms with E-state index in [1.807, 2.05) is 19.2 Å². The van der Waals surface area contributed by atoms with Gasteiger partial charge in [0.1, 0.15) is 11.5 Å². The summed E-state index contributed by atoms with van der Waals surface area (Å²) in [5.74, 6) is 3.16. The van der Waals surface area contributed by atoms with Crippen molar-refractivity contribution in [2.24, 2.45) is 10.9 Å². The Kier molecular flexibility index (Phi) is 7.03. The molecule has 2 heterocycles. The molecule has 1 unspecified atom stereocenters. The van der Waals surface area contributed by atoms with Gasteiger partial charge in [0, 0.05) is 62.9 Å². The highest BCUT2D eigenvalue weighted by molar-refractivity contribution is 5.88.